The highest BCUT2D eigenvalue weighted by Crippen LogP contribution is 2.56. The maximum Gasteiger partial charge on any atom is 0.226 e. The summed E-state index contributed by atoms with van der Waals surface area (Å²) in [7, 11) is 0. The van der Waals surface area contributed by atoms with Crippen molar-refractivity contribution in [3.8, 4) is 11.8 Å². The van der Waals surface area contributed by atoms with Crippen molar-refractivity contribution in [1.82, 2.24) is 29.6 Å². The van der Waals surface area contributed by atoms with Crippen LogP contribution in [0.4, 0.5) is 5.95 Å². The SMILES string of the molecule is N#Cc1ccnc(N2CC3(CC(c4nnc5n4-c4ccc(Cl)cc4CN([C@H]4CCOC4)C5)C3)C2)n1. The summed E-state index contributed by atoms with van der Waals surface area (Å²) in [5, 5.41) is 19.3. The Morgan fingerprint density at radius 3 is 2.83 bits per heavy atom. The fourth-order valence-corrected chi connectivity index (χ4v) is 6.47. The van der Waals surface area contributed by atoms with Crippen molar-refractivity contribution >= 4 is 17.5 Å². The monoisotopic (exact) mass is 488 g/mol. The molecule has 2 saturated heterocycles. The van der Waals surface area contributed by atoms with Crippen LogP contribution in [0, 0.1) is 16.7 Å². The summed E-state index contributed by atoms with van der Waals surface area (Å²) in [6.07, 6.45) is 4.84. The number of rotatable bonds is 3. The topological polar surface area (TPSA) is 96.0 Å². The van der Waals surface area contributed by atoms with Gasteiger partial charge in [-0.3, -0.25) is 9.47 Å². The molecule has 3 aliphatic heterocycles. The molecule has 0 N–H and O–H groups in total. The van der Waals surface area contributed by atoms with Gasteiger partial charge in [-0.1, -0.05) is 11.6 Å². The first-order chi connectivity index (χ1) is 17.1. The second-order valence-corrected chi connectivity index (χ2v) is 10.8. The number of hydrogen-bond donors (Lipinski definition) is 0. The molecule has 2 aromatic heterocycles. The molecule has 3 fully saturated rings. The Labute approximate surface area is 208 Å². The number of anilines is 1. The highest BCUT2D eigenvalue weighted by molar-refractivity contribution is 6.30. The molecular formula is C25H25ClN8O. The summed E-state index contributed by atoms with van der Waals surface area (Å²) in [5.41, 5.74) is 3.03. The van der Waals surface area contributed by atoms with Gasteiger partial charge in [0.25, 0.3) is 0 Å². The van der Waals surface area contributed by atoms with Gasteiger partial charge in [-0.05, 0) is 49.1 Å². The first-order valence-corrected chi connectivity index (χ1v) is 12.5. The number of aromatic nitrogens is 5. The molecular weight excluding hydrogens is 464 g/mol. The number of fused-ring (bicyclic) bond motifs is 3. The second kappa shape index (κ2) is 7.98. The first-order valence-electron chi connectivity index (χ1n) is 12.1. The predicted octanol–water partition coefficient (Wildman–Crippen LogP) is 3.07. The maximum absolute atomic E-state index is 9.12. The fraction of sp³-hybridized carbons (Fsp3) is 0.480. The van der Waals surface area contributed by atoms with Crippen LogP contribution < -0.4 is 4.90 Å². The fourth-order valence-electron chi connectivity index (χ4n) is 6.28. The lowest BCUT2D eigenvalue weighted by Gasteiger charge is -2.58. The summed E-state index contributed by atoms with van der Waals surface area (Å²) in [4.78, 5) is 13.3. The number of benzene rings is 1. The Kier molecular flexibility index (Phi) is 4.85. The van der Waals surface area contributed by atoms with Crippen LogP contribution in [0.5, 0.6) is 0 Å². The van der Waals surface area contributed by atoms with Gasteiger partial charge in [-0.15, -0.1) is 10.2 Å². The Bertz CT molecular complexity index is 1330. The van der Waals surface area contributed by atoms with E-state index in [0.29, 0.717) is 23.6 Å². The third-order valence-electron chi connectivity index (χ3n) is 7.99. The lowest BCUT2D eigenvalue weighted by molar-refractivity contribution is 0.0574. The van der Waals surface area contributed by atoms with Gasteiger partial charge in [0.2, 0.25) is 5.95 Å². The van der Waals surface area contributed by atoms with E-state index in [-0.39, 0.29) is 5.41 Å². The third-order valence-corrected chi connectivity index (χ3v) is 8.23. The van der Waals surface area contributed by atoms with Crippen LogP contribution in [0.1, 0.15) is 48.1 Å². The van der Waals surface area contributed by atoms with E-state index in [2.05, 4.69) is 47.6 Å². The quantitative estimate of drug-likeness (QED) is 0.555. The van der Waals surface area contributed by atoms with Crippen LogP contribution in [-0.2, 0) is 17.8 Å². The minimum atomic E-state index is 0.268. The van der Waals surface area contributed by atoms with Crippen molar-refractivity contribution in [2.24, 2.45) is 5.41 Å². The molecule has 0 amide bonds. The molecule has 4 aliphatic rings. The largest absolute Gasteiger partial charge is 0.380 e. The van der Waals surface area contributed by atoms with E-state index in [4.69, 9.17) is 26.7 Å². The van der Waals surface area contributed by atoms with Gasteiger partial charge in [0, 0.05) is 54.8 Å². The molecule has 1 aromatic carbocycles. The van der Waals surface area contributed by atoms with Crippen LogP contribution in [0.2, 0.25) is 5.02 Å². The minimum absolute atomic E-state index is 0.268. The number of hydrogen-bond acceptors (Lipinski definition) is 8. The molecule has 1 atom stereocenters. The van der Waals surface area contributed by atoms with Crippen molar-refractivity contribution in [3.05, 3.63) is 58.4 Å². The Morgan fingerprint density at radius 1 is 1.14 bits per heavy atom. The van der Waals surface area contributed by atoms with Crippen LogP contribution in [0.3, 0.4) is 0 Å². The molecule has 1 spiro atoms. The Balaban J connectivity index is 1.13. The van der Waals surface area contributed by atoms with Crippen molar-refractivity contribution in [1.29, 1.82) is 5.26 Å². The number of nitriles is 1. The zero-order valence-corrected chi connectivity index (χ0v) is 20.0. The lowest BCUT2D eigenvalue weighted by atomic mass is 9.57. The average Bonchev–Trinajstić information content (AvgIpc) is 3.45. The molecule has 1 saturated carbocycles. The molecule has 10 heteroatoms. The lowest BCUT2D eigenvalue weighted by Crippen LogP contribution is -2.62. The third kappa shape index (κ3) is 3.51. The van der Waals surface area contributed by atoms with Crippen molar-refractivity contribution < 1.29 is 4.74 Å². The molecule has 1 aliphatic carbocycles. The smallest absolute Gasteiger partial charge is 0.226 e. The molecule has 5 heterocycles. The van der Waals surface area contributed by atoms with E-state index >= 15 is 0 Å². The van der Waals surface area contributed by atoms with E-state index in [0.717, 1.165) is 81.0 Å². The van der Waals surface area contributed by atoms with Gasteiger partial charge in [0.05, 0.1) is 18.8 Å². The summed E-state index contributed by atoms with van der Waals surface area (Å²) in [6.45, 7) is 5.00. The van der Waals surface area contributed by atoms with Gasteiger partial charge in [0.15, 0.2) is 5.82 Å². The van der Waals surface area contributed by atoms with Crippen LogP contribution >= 0.6 is 11.6 Å². The predicted molar refractivity (Wildman–Crippen MR) is 128 cm³/mol. The van der Waals surface area contributed by atoms with E-state index in [1.807, 2.05) is 6.07 Å². The van der Waals surface area contributed by atoms with Crippen LogP contribution in [0.25, 0.3) is 5.69 Å². The highest BCUT2D eigenvalue weighted by Gasteiger charge is 2.54. The molecule has 0 bridgehead atoms. The van der Waals surface area contributed by atoms with E-state index in [9.17, 15) is 0 Å². The van der Waals surface area contributed by atoms with Crippen molar-refractivity contribution in [3.63, 3.8) is 0 Å². The molecule has 7 rings (SSSR count). The summed E-state index contributed by atoms with van der Waals surface area (Å²) in [5.74, 6) is 3.07. The highest BCUT2D eigenvalue weighted by atomic mass is 35.5. The van der Waals surface area contributed by atoms with Crippen LogP contribution in [0.15, 0.2) is 30.5 Å². The van der Waals surface area contributed by atoms with Gasteiger partial charge in [-0.2, -0.15) is 5.26 Å². The molecule has 178 valence electrons. The average molecular weight is 489 g/mol. The molecule has 3 aromatic rings. The van der Waals surface area contributed by atoms with Gasteiger partial charge < -0.3 is 9.64 Å². The maximum atomic E-state index is 9.12. The Hall–Kier alpha value is -3.06. The van der Waals surface area contributed by atoms with E-state index < -0.39 is 0 Å². The zero-order chi connectivity index (χ0) is 23.6. The van der Waals surface area contributed by atoms with Gasteiger partial charge in [0.1, 0.15) is 17.6 Å². The summed E-state index contributed by atoms with van der Waals surface area (Å²) < 4.78 is 7.96. The minimum Gasteiger partial charge on any atom is -0.380 e. The summed E-state index contributed by atoms with van der Waals surface area (Å²) >= 11 is 6.41. The first kappa shape index (κ1) is 21.2. The van der Waals surface area contributed by atoms with Crippen molar-refractivity contribution in [2.45, 2.75) is 44.3 Å². The second-order valence-electron chi connectivity index (χ2n) is 10.3. The summed E-state index contributed by atoms with van der Waals surface area (Å²) in [6, 6.07) is 10.3. The molecule has 9 nitrogen and oxygen atoms in total. The number of ether oxygens (including phenoxy) is 1. The molecule has 0 radical (unpaired) electrons. The van der Waals surface area contributed by atoms with E-state index in [1.165, 1.54) is 5.56 Å². The number of nitrogens with zero attached hydrogens (tertiary/aromatic N) is 8. The molecule has 35 heavy (non-hydrogen) atoms. The zero-order valence-electron chi connectivity index (χ0n) is 19.3. The standard InChI is InChI=1S/C25H25ClN8O/c26-18-1-2-21-16(7-18)11-32(20-4-6-35-13-20)12-22-30-31-23(34(21)22)17-8-25(9-17)14-33(15-25)24-28-5-3-19(10-27)29-24/h1-3,5,7,17,20H,4,6,8-9,11-15H2/t20-/m0/s1. The van der Waals surface area contributed by atoms with Gasteiger partial charge >= 0.3 is 0 Å². The molecule has 0 unspecified atom stereocenters. The van der Waals surface area contributed by atoms with Crippen LogP contribution in [-0.4, -0.2) is 62.0 Å². The van der Waals surface area contributed by atoms with Crippen molar-refractivity contribution in [2.75, 3.05) is 31.2 Å². The normalized spacial score (nSPS) is 23.2. The Morgan fingerprint density at radius 2 is 2.03 bits per heavy atom. The van der Waals surface area contributed by atoms with Gasteiger partial charge in [-0.25, -0.2) is 9.97 Å². The number of halogens is 1. The van der Waals surface area contributed by atoms with E-state index in [1.54, 1.807) is 12.3 Å².